The van der Waals surface area contributed by atoms with Crippen molar-refractivity contribution in [3.05, 3.63) is 36.4 Å². The molecule has 2 fully saturated rings. The Bertz CT molecular complexity index is 770. The molecule has 1 atom stereocenters. The maximum Gasteiger partial charge on any atom is 0.228 e. The van der Waals surface area contributed by atoms with Crippen molar-refractivity contribution in [2.45, 2.75) is 43.7 Å². The number of aryl methyl sites for hydroxylation is 1. The zero-order chi connectivity index (χ0) is 18.7. The molecule has 0 bridgehead atoms. The number of hydrogen-bond acceptors (Lipinski definition) is 6. The second kappa shape index (κ2) is 7.64. The highest BCUT2D eigenvalue weighted by atomic mass is 16.5. The van der Waals surface area contributed by atoms with Gasteiger partial charge in [0.25, 0.3) is 0 Å². The number of anilines is 1. The first-order valence-electron chi connectivity index (χ1n) is 9.56. The topological polar surface area (TPSA) is 85.2 Å². The number of nitrogens with one attached hydrogen (secondary N) is 1. The van der Waals surface area contributed by atoms with Crippen molar-refractivity contribution >= 4 is 11.9 Å². The maximum atomic E-state index is 12.6. The molecule has 1 unspecified atom stereocenters. The Hall–Kier alpha value is -2.48. The molecule has 0 aliphatic carbocycles. The summed E-state index contributed by atoms with van der Waals surface area (Å²) in [6, 6.07) is 4.01. The Morgan fingerprint density at radius 3 is 2.81 bits per heavy atom. The van der Waals surface area contributed by atoms with Gasteiger partial charge in [0.05, 0.1) is 17.7 Å². The zero-order valence-corrected chi connectivity index (χ0v) is 15.7. The van der Waals surface area contributed by atoms with Gasteiger partial charge in [-0.2, -0.15) is 5.10 Å². The molecule has 2 saturated heterocycles. The third-order valence-electron chi connectivity index (χ3n) is 5.52. The first-order valence-corrected chi connectivity index (χ1v) is 9.56. The van der Waals surface area contributed by atoms with Gasteiger partial charge in [-0.05, 0) is 37.8 Å². The van der Waals surface area contributed by atoms with Gasteiger partial charge < -0.3 is 15.0 Å². The second-order valence-corrected chi connectivity index (χ2v) is 7.48. The van der Waals surface area contributed by atoms with E-state index in [0.717, 1.165) is 51.1 Å². The SMILES string of the molecule is Cn1ccc(CC(=O)N2CCC3(CC2)CC(Nc2ncccn2)CCO3)n1. The lowest BCUT2D eigenvalue weighted by Gasteiger charge is -2.46. The van der Waals surface area contributed by atoms with Crippen LogP contribution in [-0.2, 0) is 23.0 Å². The van der Waals surface area contributed by atoms with Crippen LogP contribution in [0.25, 0.3) is 0 Å². The standard InChI is InChI=1S/C19H26N6O2/c1-24-9-3-15(23-24)13-17(26)25-10-5-19(6-11-25)14-16(4-12-27-19)22-18-20-7-2-8-21-18/h2-3,7-9,16H,4-6,10-14H2,1H3,(H,20,21,22). The first-order chi connectivity index (χ1) is 13.1. The number of rotatable bonds is 4. The van der Waals surface area contributed by atoms with Crippen molar-refractivity contribution in [3.8, 4) is 0 Å². The predicted molar refractivity (Wildman–Crippen MR) is 100 cm³/mol. The second-order valence-electron chi connectivity index (χ2n) is 7.48. The van der Waals surface area contributed by atoms with E-state index in [2.05, 4.69) is 20.4 Å². The molecule has 144 valence electrons. The number of piperidine rings is 1. The molecule has 0 saturated carbocycles. The largest absolute Gasteiger partial charge is 0.375 e. The summed E-state index contributed by atoms with van der Waals surface area (Å²) in [4.78, 5) is 23.0. The van der Waals surface area contributed by atoms with Gasteiger partial charge in [-0.25, -0.2) is 9.97 Å². The fourth-order valence-corrected chi connectivity index (χ4v) is 4.04. The van der Waals surface area contributed by atoms with Crippen molar-refractivity contribution in [1.29, 1.82) is 0 Å². The first kappa shape index (κ1) is 17.9. The lowest BCUT2D eigenvalue weighted by molar-refractivity contribution is -0.142. The molecule has 0 aromatic carbocycles. The molecule has 4 rings (SSSR count). The smallest absolute Gasteiger partial charge is 0.228 e. The molecule has 2 aromatic heterocycles. The number of likely N-dealkylation sites (tertiary alicyclic amines) is 1. The van der Waals surface area contributed by atoms with E-state index in [9.17, 15) is 4.79 Å². The van der Waals surface area contributed by atoms with Crippen LogP contribution in [-0.4, -0.2) is 61.9 Å². The minimum absolute atomic E-state index is 0.145. The lowest BCUT2D eigenvalue weighted by atomic mass is 9.82. The highest BCUT2D eigenvalue weighted by molar-refractivity contribution is 5.78. The van der Waals surface area contributed by atoms with Crippen LogP contribution in [0, 0.1) is 0 Å². The Morgan fingerprint density at radius 1 is 1.33 bits per heavy atom. The maximum absolute atomic E-state index is 12.6. The Kier molecular flexibility index (Phi) is 5.07. The van der Waals surface area contributed by atoms with Crippen molar-refractivity contribution in [2.24, 2.45) is 7.05 Å². The third kappa shape index (κ3) is 4.27. The monoisotopic (exact) mass is 370 g/mol. The van der Waals surface area contributed by atoms with Gasteiger partial charge in [0.2, 0.25) is 11.9 Å². The fourth-order valence-electron chi connectivity index (χ4n) is 4.04. The molecule has 2 aliphatic rings. The van der Waals surface area contributed by atoms with Gasteiger partial charge in [-0.15, -0.1) is 0 Å². The minimum atomic E-state index is -0.146. The Labute approximate surface area is 158 Å². The van der Waals surface area contributed by atoms with Crippen molar-refractivity contribution in [1.82, 2.24) is 24.6 Å². The van der Waals surface area contributed by atoms with E-state index < -0.39 is 0 Å². The van der Waals surface area contributed by atoms with Crippen LogP contribution in [0.2, 0.25) is 0 Å². The summed E-state index contributed by atoms with van der Waals surface area (Å²) in [7, 11) is 1.87. The molecule has 1 spiro atoms. The van der Waals surface area contributed by atoms with Gasteiger partial charge in [-0.1, -0.05) is 0 Å². The minimum Gasteiger partial charge on any atom is -0.375 e. The normalized spacial score (nSPS) is 22.0. The summed E-state index contributed by atoms with van der Waals surface area (Å²) in [6.07, 6.45) is 9.34. The summed E-state index contributed by atoms with van der Waals surface area (Å²) in [6.45, 7) is 2.20. The third-order valence-corrected chi connectivity index (χ3v) is 5.52. The molecule has 2 aliphatic heterocycles. The van der Waals surface area contributed by atoms with E-state index in [-0.39, 0.29) is 11.5 Å². The van der Waals surface area contributed by atoms with Crippen LogP contribution >= 0.6 is 0 Å². The molecule has 27 heavy (non-hydrogen) atoms. The molecule has 1 amide bonds. The van der Waals surface area contributed by atoms with E-state index in [1.54, 1.807) is 17.1 Å². The van der Waals surface area contributed by atoms with Crippen LogP contribution in [0.3, 0.4) is 0 Å². The fraction of sp³-hybridized carbons (Fsp3) is 0.579. The van der Waals surface area contributed by atoms with Crippen molar-refractivity contribution in [3.63, 3.8) is 0 Å². The van der Waals surface area contributed by atoms with E-state index in [1.807, 2.05) is 30.3 Å². The quantitative estimate of drug-likeness (QED) is 0.876. The van der Waals surface area contributed by atoms with Crippen LogP contribution in [0.15, 0.2) is 30.7 Å². The molecule has 0 radical (unpaired) electrons. The van der Waals surface area contributed by atoms with Crippen molar-refractivity contribution in [2.75, 3.05) is 25.0 Å². The number of nitrogens with zero attached hydrogens (tertiary/aromatic N) is 5. The van der Waals surface area contributed by atoms with Crippen LogP contribution in [0.5, 0.6) is 0 Å². The van der Waals surface area contributed by atoms with Gasteiger partial charge in [0.1, 0.15) is 0 Å². The van der Waals surface area contributed by atoms with E-state index in [4.69, 9.17) is 4.74 Å². The number of carbonyl (C=O) groups excluding carboxylic acids is 1. The van der Waals surface area contributed by atoms with Gasteiger partial charge >= 0.3 is 0 Å². The number of amides is 1. The summed E-state index contributed by atoms with van der Waals surface area (Å²) >= 11 is 0. The summed E-state index contributed by atoms with van der Waals surface area (Å²) < 4.78 is 7.92. The molecular formula is C19H26N6O2. The van der Waals surface area contributed by atoms with Crippen LogP contribution < -0.4 is 5.32 Å². The van der Waals surface area contributed by atoms with Gasteiger partial charge in [0.15, 0.2) is 0 Å². The number of hydrogen-bond donors (Lipinski definition) is 1. The van der Waals surface area contributed by atoms with E-state index in [0.29, 0.717) is 18.4 Å². The van der Waals surface area contributed by atoms with Crippen LogP contribution in [0.1, 0.15) is 31.4 Å². The van der Waals surface area contributed by atoms with Crippen molar-refractivity contribution < 1.29 is 9.53 Å². The molecule has 1 N–H and O–H groups in total. The summed E-state index contributed by atoms with van der Waals surface area (Å²) in [5.74, 6) is 0.814. The van der Waals surface area contributed by atoms with Gasteiger partial charge in [0, 0.05) is 51.4 Å². The average molecular weight is 370 g/mol. The molecule has 2 aromatic rings. The van der Waals surface area contributed by atoms with E-state index in [1.165, 1.54) is 0 Å². The summed E-state index contributed by atoms with van der Waals surface area (Å²) in [5, 5.41) is 7.73. The zero-order valence-electron chi connectivity index (χ0n) is 15.7. The van der Waals surface area contributed by atoms with Gasteiger partial charge in [-0.3, -0.25) is 9.48 Å². The Morgan fingerprint density at radius 2 is 2.11 bits per heavy atom. The Balaban J connectivity index is 1.31. The lowest BCUT2D eigenvalue weighted by Crippen LogP contribution is -2.53. The number of carbonyl (C=O) groups is 1. The summed E-state index contributed by atoms with van der Waals surface area (Å²) in [5.41, 5.74) is 0.677. The molecular weight excluding hydrogens is 344 g/mol. The molecule has 8 heteroatoms. The highest BCUT2D eigenvalue weighted by Gasteiger charge is 2.41. The van der Waals surface area contributed by atoms with Crippen LogP contribution in [0.4, 0.5) is 5.95 Å². The highest BCUT2D eigenvalue weighted by Crippen LogP contribution is 2.35. The number of ether oxygens (including phenoxy) is 1. The molecule has 8 nitrogen and oxygen atoms in total. The predicted octanol–water partition coefficient (Wildman–Crippen LogP) is 1.40. The number of aromatic nitrogens is 4. The average Bonchev–Trinajstić information content (AvgIpc) is 3.08. The molecule has 4 heterocycles. The van der Waals surface area contributed by atoms with E-state index >= 15 is 0 Å².